The van der Waals surface area contributed by atoms with Crippen LogP contribution in [0.4, 0.5) is 22.9 Å². The van der Waals surface area contributed by atoms with E-state index in [1.807, 2.05) is 67.6 Å². The second kappa shape index (κ2) is 11.2. The van der Waals surface area contributed by atoms with Gasteiger partial charge in [-0.1, -0.05) is 51.1 Å². The lowest BCUT2D eigenvalue weighted by Crippen LogP contribution is -2.22. The van der Waals surface area contributed by atoms with Crippen molar-refractivity contribution in [2.75, 3.05) is 16.4 Å². The lowest BCUT2D eigenvalue weighted by Gasteiger charge is -2.19. The molecule has 1 aliphatic carbocycles. The van der Waals surface area contributed by atoms with Crippen LogP contribution < -0.4 is 27.2 Å². The maximum atomic E-state index is 13.1. The van der Waals surface area contributed by atoms with E-state index in [4.69, 9.17) is 5.73 Å². The van der Waals surface area contributed by atoms with E-state index in [-0.39, 0.29) is 22.7 Å². The average Bonchev–Trinajstić information content (AvgIpc) is 3.76. The second-order valence-electron chi connectivity index (χ2n) is 11.8. The number of amides is 1. The fourth-order valence-corrected chi connectivity index (χ4v) is 4.69. The Balaban J connectivity index is 1.37. The molecule has 0 aliphatic heterocycles. The Morgan fingerprint density at radius 2 is 1.80 bits per heavy atom. The molecule has 0 radical (unpaired) electrons. The first-order valence-electron chi connectivity index (χ1n) is 14.0. The molecule has 1 amide bonds. The van der Waals surface area contributed by atoms with Gasteiger partial charge in [-0.05, 0) is 72.2 Å². The van der Waals surface area contributed by atoms with E-state index in [1.165, 1.54) is 23.0 Å². The number of nitrogens with zero attached hydrogens (tertiary/aromatic N) is 2. The van der Waals surface area contributed by atoms with Gasteiger partial charge in [0, 0.05) is 54.0 Å². The van der Waals surface area contributed by atoms with Gasteiger partial charge in [-0.25, -0.2) is 4.98 Å². The number of carbonyl (C=O) groups is 1. The largest absolute Gasteiger partial charge is 0.398 e. The van der Waals surface area contributed by atoms with E-state index in [0.717, 1.165) is 23.2 Å². The van der Waals surface area contributed by atoms with Crippen molar-refractivity contribution in [1.82, 2.24) is 14.9 Å². The number of nitrogens with one attached hydrogen (secondary N) is 3. The molecule has 5 rings (SSSR count). The predicted molar refractivity (Wildman–Crippen MR) is 167 cm³/mol. The van der Waals surface area contributed by atoms with E-state index >= 15 is 0 Å². The molecule has 1 fully saturated rings. The highest BCUT2D eigenvalue weighted by Gasteiger charge is 2.20. The summed E-state index contributed by atoms with van der Waals surface area (Å²) in [4.78, 5) is 30.7. The number of hydrogen-bond acceptors (Lipinski definition) is 6. The maximum Gasteiger partial charge on any atom is 0.293 e. The van der Waals surface area contributed by atoms with Gasteiger partial charge in [0.1, 0.15) is 0 Å². The Bertz CT molecular complexity index is 1650. The molecule has 1 aliphatic rings. The van der Waals surface area contributed by atoms with Gasteiger partial charge in [0.25, 0.3) is 11.5 Å². The molecular weight excluding hydrogens is 512 g/mol. The number of hydrogen-bond donors (Lipinski definition) is 4. The number of nitrogen functional groups attached to an aromatic ring is 1. The van der Waals surface area contributed by atoms with E-state index in [1.54, 1.807) is 13.2 Å². The maximum absolute atomic E-state index is 13.1. The molecule has 4 aromatic rings. The van der Waals surface area contributed by atoms with Crippen molar-refractivity contribution in [2.45, 2.75) is 58.5 Å². The normalized spacial score (nSPS) is 13.2. The second-order valence-corrected chi connectivity index (χ2v) is 11.8. The molecule has 41 heavy (non-hydrogen) atoms. The Morgan fingerprint density at radius 3 is 2.46 bits per heavy atom. The first-order valence-corrected chi connectivity index (χ1v) is 14.0. The molecule has 0 saturated heterocycles. The number of benzene rings is 3. The third kappa shape index (κ3) is 6.49. The zero-order valence-corrected chi connectivity index (χ0v) is 24.3. The lowest BCUT2D eigenvalue weighted by molar-refractivity contribution is 0.102. The molecule has 1 heterocycles. The highest BCUT2D eigenvalue weighted by atomic mass is 16.1. The van der Waals surface area contributed by atoms with Crippen LogP contribution in [0.1, 0.15) is 60.7 Å². The predicted octanol–water partition coefficient (Wildman–Crippen LogP) is 5.88. The summed E-state index contributed by atoms with van der Waals surface area (Å²) in [6, 6.07) is 19.6. The highest BCUT2D eigenvalue weighted by Crippen LogP contribution is 2.29. The number of nitrogens with two attached hydrogens (primary N) is 1. The molecule has 212 valence electrons. The first kappa shape index (κ1) is 28.1. The Morgan fingerprint density at radius 1 is 1.07 bits per heavy atom. The molecular formula is C33H38N6O2. The Labute approximate surface area is 241 Å². The molecule has 3 aromatic carbocycles. The Hall–Kier alpha value is -4.43. The molecule has 0 unspecified atom stereocenters. The van der Waals surface area contributed by atoms with Gasteiger partial charge in [-0.3, -0.25) is 9.59 Å². The number of rotatable bonds is 8. The number of aryl methyl sites for hydroxylation is 1. The molecule has 8 heteroatoms. The van der Waals surface area contributed by atoms with Crippen LogP contribution in [-0.4, -0.2) is 21.5 Å². The zero-order chi connectivity index (χ0) is 29.3. The monoisotopic (exact) mass is 550 g/mol. The summed E-state index contributed by atoms with van der Waals surface area (Å²) in [5, 5.41) is 9.67. The molecule has 1 saturated carbocycles. The van der Waals surface area contributed by atoms with E-state index in [0.29, 0.717) is 34.4 Å². The minimum absolute atomic E-state index is 0.0134. The molecule has 1 aromatic heterocycles. The topological polar surface area (TPSA) is 114 Å². The number of anilines is 4. The van der Waals surface area contributed by atoms with Gasteiger partial charge in [-0.2, -0.15) is 0 Å². The smallest absolute Gasteiger partial charge is 0.293 e. The highest BCUT2D eigenvalue weighted by molar-refractivity contribution is 6.05. The van der Waals surface area contributed by atoms with Gasteiger partial charge in [0.15, 0.2) is 5.82 Å². The SMILES string of the molecule is Cc1c(NC(=O)c2ccc(C(C)(C)C)cc2)cccc1-c1cn(C)c(=O)c(Nc2ccc(CNC3CC3)c(N)c2)n1. The van der Waals surface area contributed by atoms with Crippen LogP contribution in [0, 0.1) is 6.92 Å². The van der Waals surface area contributed by atoms with Crippen LogP contribution in [0.3, 0.4) is 0 Å². The van der Waals surface area contributed by atoms with Crippen molar-refractivity contribution in [2.24, 2.45) is 7.05 Å². The van der Waals surface area contributed by atoms with Crippen molar-refractivity contribution in [3.8, 4) is 11.3 Å². The summed E-state index contributed by atoms with van der Waals surface area (Å²) < 4.78 is 1.50. The van der Waals surface area contributed by atoms with Crippen LogP contribution >= 0.6 is 0 Å². The van der Waals surface area contributed by atoms with Crippen molar-refractivity contribution in [3.63, 3.8) is 0 Å². The summed E-state index contributed by atoms with van der Waals surface area (Å²) in [6.45, 7) is 9.09. The third-order valence-corrected chi connectivity index (χ3v) is 7.51. The van der Waals surface area contributed by atoms with E-state index < -0.39 is 0 Å². The van der Waals surface area contributed by atoms with Gasteiger partial charge >= 0.3 is 0 Å². The van der Waals surface area contributed by atoms with Crippen molar-refractivity contribution in [1.29, 1.82) is 0 Å². The van der Waals surface area contributed by atoms with Crippen LogP contribution in [0.25, 0.3) is 11.3 Å². The summed E-state index contributed by atoms with van der Waals surface area (Å²) in [5.41, 5.74) is 13.1. The van der Waals surface area contributed by atoms with Crippen molar-refractivity contribution >= 4 is 28.8 Å². The number of aromatic nitrogens is 2. The minimum Gasteiger partial charge on any atom is -0.398 e. The Kier molecular flexibility index (Phi) is 7.69. The zero-order valence-electron chi connectivity index (χ0n) is 24.3. The molecule has 0 spiro atoms. The van der Waals surface area contributed by atoms with Crippen LogP contribution in [0.2, 0.25) is 0 Å². The fraction of sp³-hybridized carbons (Fsp3) is 0.303. The summed E-state index contributed by atoms with van der Waals surface area (Å²) >= 11 is 0. The summed E-state index contributed by atoms with van der Waals surface area (Å²) in [5.74, 6) is 0.0101. The summed E-state index contributed by atoms with van der Waals surface area (Å²) in [7, 11) is 1.70. The van der Waals surface area contributed by atoms with Crippen LogP contribution in [0.5, 0.6) is 0 Å². The van der Waals surface area contributed by atoms with Gasteiger partial charge < -0.3 is 26.3 Å². The van der Waals surface area contributed by atoms with Crippen molar-refractivity contribution in [3.05, 3.63) is 99.5 Å². The average molecular weight is 551 g/mol. The lowest BCUT2D eigenvalue weighted by atomic mass is 9.86. The van der Waals surface area contributed by atoms with Gasteiger partial charge in [0.2, 0.25) is 0 Å². The fourth-order valence-electron chi connectivity index (χ4n) is 4.69. The van der Waals surface area contributed by atoms with E-state index in [2.05, 4.69) is 41.7 Å². The molecule has 8 nitrogen and oxygen atoms in total. The van der Waals surface area contributed by atoms with Crippen LogP contribution in [-0.2, 0) is 19.0 Å². The molecule has 5 N–H and O–H groups in total. The molecule has 0 bridgehead atoms. The minimum atomic E-state index is -0.257. The van der Waals surface area contributed by atoms with Crippen molar-refractivity contribution < 1.29 is 4.79 Å². The van der Waals surface area contributed by atoms with E-state index in [9.17, 15) is 9.59 Å². The van der Waals surface area contributed by atoms with Gasteiger partial charge in [0.05, 0.1) is 5.69 Å². The van der Waals surface area contributed by atoms with Crippen LogP contribution in [0.15, 0.2) is 71.7 Å². The quantitative estimate of drug-likeness (QED) is 0.204. The summed E-state index contributed by atoms with van der Waals surface area (Å²) in [6.07, 6.45) is 4.13. The van der Waals surface area contributed by atoms with Gasteiger partial charge in [-0.15, -0.1) is 0 Å². The number of carbonyl (C=O) groups excluding carboxylic acids is 1. The standard InChI is InChI=1S/C33H38N6O2/c1-20-26(7-6-8-28(20)38-31(40)21-9-12-23(13-10-21)33(2,3)4)29-19-39(5)32(41)30(37-29)36-25-14-11-22(27(34)17-25)18-35-24-15-16-24/h6-14,17,19,24,35H,15-16,18,34H2,1-5H3,(H,36,37)(H,38,40). The molecule has 0 atom stereocenters. The third-order valence-electron chi connectivity index (χ3n) is 7.51. The first-order chi connectivity index (χ1) is 19.5.